The SMILES string of the molecule is CC(C)NS(=O)c1nc2ccccc2s1. The third-order valence-corrected chi connectivity index (χ3v) is 4.40. The Bertz CT molecular complexity index is 460. The molecule has 1 unspecified atom stereocenters. The standard InChI is InChI=1S/C10H12N2OS2/c1-7(2)12-15(13)10-11-8-5-3-4-6-9(8)14-10/h3-7,12H,1-2H3. The summed E-state index contributed by atoms with van der Waals surface area (Å²) in [6, 6.07) is 8.01. The van der Waals surface area contributed by atoms with Crippen LogP contribution in [0, 0.1) is 0 Å². The van der Waals surface area contributed by atoms with Crippen LogP contribution in [0.2, 0.25) is 0 Å². The third-order valence-electron chi connectivity index (χ3n) is 1.78. The lowest BCUT2D eigenvalue weighted by Gasteiger charge is -2.03. The van der Waals surface area contributed by atoms with E-state index in [0.29, 0.717) is 4.34 Å². The van der Waals surface area contributed by atoms with Crippen LogP contribution in [0.4, 0.5) is 0 Å². The van der Waals surface area contributed by atoms with Crippen molar-refractivity contribution < 1.29 is 4.21 Å². The lowest BCUT2D eigenvalue weighted by atomic mass is 10.3. The largest absolute Gasteiger partial charge is 0.235 e. The zero-order valence-corrected chi connectivity index (χ0v) is 10.2. The van der Waals surface area contributed by atoms with Gasteiger partial charge in [0.05, 0.1) is 10.2 Å². The smallest absolute Gasteiger partial charge is 0.197 e. The second-order valence-electron chi connectivity index (χ2n) is 3.49. The Morgan fingerprint density at radius 1 is 1.40 bits per heavy atom. The fraction of sp³-hybridized carbons (Fsp3) is 0.300. The first kappa shape index (κ1) is 10.7. The summed E-state index contributed by atoms with van der Waals surface area (Å²) in [5, 5.41) is 0. The van der Waals surface area contributed by atoms with E-state index in [1.54, 1.807) is 0 Å². The lowest BCUT2D eigenvalue weighted by Crippen LogP contribution is -2.24. The molecule has 0 saturated heterocycles. The molecule has 0 spiro atoms. The van der Waals surface area contributed by atoms with Gasteiger partial charge < -0.3 is 0 Å². The van der Waals surface area contributed by atoms with Gasteiger partial charge in [-0.2, -0.15) is 0 Å². The quantitative estimate of drug-likeness (QED) is 0.894. The highest BCUT2D eigenvalue weighted by Gasteiger charge is 2.10. The molecule has 0 saturated carbocycles. The van der Waals surface area contributed by atoms with Crippen LogP contribution in [0.3, 0.4) is 0 Å². The Morgan fingerprint density at radius 2 is 2.13 bits per heavy atom. The highest BCUT2D eigenvalue weighted by Crippen LogP contribution is 2.23. The van der Waals surface area contributed by atoms with Gasteiger partial charge in [-0.05, 0) is 26.0 Å². The predicted octanol–water partition coefficient (Wildman–Crippen LogP) is 2.32. The molecule has 5 heteroatoms. The molecule has 1 atom stereocenters. The second kappa shape index (κ2) is 4.38. The molecule has 0 aliphatic carbocycles. The number of benzene rings is 1. The average molecular weight is 240 g/mol. The molecule has 1 N–H and O–H groups in total. The highest BCUT2D eigenvalue weighted by atomic mass is 32.2. The molecule has 1 heterocycles. The van der Waals surface area contributed by atoms with E-state index >= 15 is 0 Å². The van der Waals surface area contributed by atoms with Crippen molar-refractivity contribution in [1.29, 1.82) is 0 Å². The Hall–Kier alpha value is -0.780. The van der Waals surface area contributed by atoms with Gasteiger partial charge in [0.1, 0.15) is 0 Å². The molecule has 0 bridgehead atoms. The first-order valence-electron chi connectivity index (χ1n) is 4.70. The van der Waals surface area contributed by atoms with Gasteiger partial charge in [0.15, 0.2) is 15.3 Å². The molecule has 0 aliphatic rings. The van der Waals surface area contributed by atoms with Crippen molar-refractivity contribution in [3.05, 3.63) is 24.3 Å². The maximum absolute atomic E-state index is 11.8. The fourth-order valence-corrected chi connectivity index (χ4v) is 3.32. The molecule has 0 amide bonds. The molecule has 1 aromatic carbocycles. The maximum Gasteiger partial charge on any atom is 0.197 e. The molecular weight excluding hydrogens is 228 g/mol. The number of thiazole rings is 1. The van der Waals surface area contributed by atoms with Crippen molar-refractivity contribution >= 4 is 32.5 Å². The summed E-state index contributed by atoms with van der Waals surface area (Å²) < 4.78 is 16.4. The molecule has 1 aromatic heterocycles. The summed E-state index contributed by atoms with van der Waals surface area (Å²) >= 11 is 1.47. The third kappa shape index (κ3) is 2.42. The van der Waals surface area contributed by atoms with E-state index in [9.17, 15) is 4.21 Å². The van der Waals surface area contributed by atoms with Crippen LogP contribution < -0.4 is 4.72 Å². The van der Waals surface area contributed by atoms with Crippen molar-refractivity contribution in [2.45, 2.75) is 24.2 Å². The molecule has 80 valence electrons. The zero-order valence-electron chi connectivity index (χ0n) is 8.56. The number of hydrogen-bond acceptors (Lipinski definition) is 3. The summed E-state index contributed by atoms with van der Waals surface area (Å²) in [5.74, 6) is 0. The Morgan fingerprint density at radius 3 is 2.80 bits per heavy atom. The van der Waals surface area contributed by atoms with Crippen LogP contribution in [-0.4, -0.2) is 15.2 Å². The summed E-state index contributed by atoms with van der Waals surface area (Å²) in [7, 11) is -1.19. The number of para-hydroxylation sites is 1. The van der Waals surface area contributed by atoms with E-state index in [1.807, 2.05) is 38.1 Å². The van der Waals surface area contributed by atoms with Crippen LogP contribution in [0.5, 0.6) is 0 Å². The number of fused-ring (bicyclic) bond motifs is 1. The summed E-state index contributed by atoms with van der Waals surface area (Å²) in [6.07, 6.45) is 0. The van der Waals surface area contributed by atoms with Crippen LogP contribution in [0.25, 0.3) is 10.2 Å². The van der Waals surface area contributed by atoms with Gasteiger partial charge in [0.25, 0.3) is 0 Å². The molecule has 2 aromatic rings. The van der Waals surface area contributed by atoms with Gasteiger partial charge in [-0.15, -0.1) is 11.3 Å². The van der Waals surface area contributed by atoms with Gasteiger partial charge in [0.2, 0.25) is 0 Å². The van der Waals surface area contributed by atoms with Crippen LogP contribution in [0.15, 0.2) is 28.6 Å². The average Bonchev–Trinajstić information content (AvgIpc) is 2.59. The fourth-order valence-electron chi connectivity index (χ4n) is 1.19. The molecular formula is C10H12N2OS2. The van der Waals surface area contributed by atoms with Crippen LogP contribution in [0.1, 0.15) is 13.8 Å². The highest BCUT2D eigenvalue weighted by molar-refractivity contribution is 7.85. The molecule has 0 radical (unpaired) electrons. The molecule has 0 aliphatic heterocycles. The number of hydrogen-bond donors (Lipinski definition) is 1. The molecule has 3 nitrogen and oxygen atoms in total. The molecule has 0 fully saturated rings. The molecule has 2 rings (SSSR count). The first-order chi connectivity index (χ1) is 7.16. The summed E-state index contributed by atoms with van der Waals surface area (Å²) in [5.41, 5.74) is 0.913. The summed E-state index contributed by atoms with van der Waals surface area (Å²) in [6.45, 7) is 3.93. The first-order valence-corrected chi connectivity index (χ1v) is 6.67. The minimum Gasteiger partial charge on any atom is -0.235 e. The Labute approximate surface area is 95.1 Å². The van der Waals surface area contributed by atoms with Crippen molar-refractivity contribution in [1.82, 2.24) is 9.71 Å². The van der Waals surface area contributed by atoms with E-state index in [2.05, 4.69) is 9.71 Å². The van der Waals surface area contributed by atoms with E-state index in [4.69, 9.17) is 0 Å². The van der Waals surface area contributed by atoms with Gasteiger partial charge in [0, 0.05) is 6.04 Å². The van der Waals surface area contributed by atoms with E-state index < -0.39 is 11.0 Å². The minimum absolute atomic E-state index is 0.192. The normalized spacial score (nSPS) is 13.5. The van der Waals surface area contributed by atoms with Gasteiger partial charge in [-0.1, -0.05) is 12.1 Å². The van der Waals surface area contributed by atoms with E-state index in [1.165, 1.54) is 11.3 Å². The zero-order chi connectivity index (χ0) is 10.8. The second-order valence-corrected chi connectivity index (χ2v) is 5.94. The number of rotatable bonds is 3. The Kier molecular flexibility index (Phi) is 3.14. The predicted molar refractivity (Wildman–Crippen MR) is 64.3 cm³/mol. The van der Waals surface area contributed by atoms with Gasteiger partial charge in [-0.25, -0.2) is 13.9 Å². The minimum atomic E-state index is -1.19. The van der Waals surface area contributed by atoms with Crippen molar-refractivity contribution in [3.8, 4) is 0 Å². The summed E-state index contributed by atoms with van der Waals surface area (Å²) in [4.78, 5) is 4.32. The van der Waals surface area contributed by atoms with Gasteiger partial charge in [-0.3, -0.25) is 0 Å². The lowest BCUT2D eigenvalue weighted by molar-refractivity contribution is 0.655. The van der Waals surface area contributed by atoms with Crippen molar-refractivity contribution in [2.75, 3.05) is 0 Å². The van der Waals surface area contributed by atoms with Crippen molar-refractivity contribution in [2.24, 2.45) is 0 Å². The van der Waals surface area contributed by atoms with E-state index in [0.717, 1.165) is 10.2 Å². The van der Waals surface area contributed by atoms with E-state index in [-0.39, 0.29) is 6.04 Å². The number of aromatic nitrogens is 1. The monoisotopic (exact) mass is 240 g/mol. The topological polar surface area (TPSA) is 42.0 Å². The van der Waals surface area contributed by atoms with Gasteiger partial charge >= 0.3 is 0 Å². The van der Waals surface area contributed by atoms with Crippen LogP contribution >= 0.6 is 11.3 Å². The molecule has 15 heavy (non-hydrogen) atoms. The number of nitrogens with zero attached hydrogens (tertiary/aromatic N) is 1. The van der Waals surface area contributed by atoms with Crippen LogP contribution in [-0.2, 0) is 11.0 Å². The Balaban J connectivity index is 2.32. The number of nitrogens with one attached hydrogen (secondary N) is 1. The maximum atomic E-state index is 11.8. The van der Waals surface area contributed by atoms with Crippen molar-refractivity contribution in [3.63, 3.8) is 0 Å².